The molecule has 4 fully saturated rings. The summed E-state index contributed by atoms with van der Waals surface area (Å²) in [6.07, 6.45) is -27.5. The number of aryl methyl sites for hydroxylation is 4. The topological polar surface area (TPSA) is 93.9 Å². The van der Waals surface area contributed by atoms with Crippen LogP contribution in [0.4, 0.5) is 0 Å². The molecule has 4 aromatic rings. The maximum atomic E-state index is 11.8. The van der Waals surface area contributed by atoms with Gasteiger partial charge in [0, 0.05) is 88.2 Å². The van der Waals surface area contributed by atoms with Crippen molar-refractivity contribution in [3.05, 3.63) is 142 Å². The Labute approximate surface area is 503 Å². The van der Waals surface area contributed by atoms with Gasteiger partial charge in [-0.1, -0.05) is 196 Å². The van der Waals surface area contributed by atoms with Gasteiger partial charge in [-0.3, -0.25) is 0 Å². The van der Waals surface area contributed by atoms with Crippen molar-refractivity contribution in [2.75, 3.05) is 82.4 Å². The molecule has 0 aliphatic heterocycles. The first-order valence-corrected chi connectivity index (χ1v) is 26.7. The van der Waals surface area contributed by atoms with Crippen LogP contribution in [-0.4, -0.2) is 145 Å². The minimum atomic E-state index is -3.90. The van der Waals surface area contributed by atoms with E-state index in [1.54, 1.807) is 33.0 Å². The second kappa shape index (κ2) is 30.2. The van der Waals surface area contributed by atoms with Crippen LogP contribution in [0.2, 0.25) is 0 Å². The molecule has 4 atom stereocenters. The summed E-state index contributed by atoms with van der Waals surface area (Å²) in [6, 6.07) is 28.0. The van der Waals surface area contributed by atoms with E-state index in [4.69, 9.17) is 38.4 Å². The Morgan fingerprint density at radius 3 is 0.934 bits per heavy atom. The molecular formula is C68H108N4O4. The zero-order valence-electron chi connectivity index (χ0n) is 74.9. The molecular weight excluding hydrogens is 937 g/mol. The average molecular weight is 1070 g/mol. The van der Waals surface area contributed by atoms with Crippen molar-refractivity contribution >= 4 is 0 Å². The number of benzene rings is 4. The van der Waals surface area contributed by atoms with Crippen molar-refractivity contribution in [1.82, 2.24) is 19.6 Å². The van der Waals surface area contributed by atoms with E-state index in [0.717, 1.165) is 82.5 Å². The molecule has 4 saturated carbocycles. The summed E-state index contributed by atoms with van der Waals surface area (Å²) in [7, 11) is 9.81. The molecule has 424 valence electrons. The van der Waals surface area contributed by atoms with Gasteiger partial charge >= 0.3 is 0 Å². The molecule has 4 unspecified atom stereocenters. The molecule has 4 aromatic carbocycles. The predicted molar refractivity (Wildman–Crippen MR) is 322 cm³/mol. The van der Waals surface area contributed by atoms with Gasteiger partial charge in [0.25, 0.3) is 0 Å². The Morgan fingerprint density at radius 1 is 0.382 bits per heavy atom. The lowest BCUT2D eigenvalue weighted by molar-refractivity contribution is -0.0280. The highest BCUT2D eigenvalue weighted by Crippen LogP contribution is 2.44. The van der Waals surface area contributed by atoms with Gasteiger partial charge in [0.2, 0.25) is 0 Å². The zero-order chi connectivity index (χ0) is 80.3. The van der Waals surface area contributed by atoms with E-state index in [1.807, 2.05) is 31.2 Å². The average Bonchev–Trinajstić information content (AvgIpc) is 0.655. The fourth-order valence-electron chi connectivity index (χ4n) is 10.2. The molecule has 8 heteroatoms. The lowest BCUT2D eigenvalue weighted by atomic mass is 9.72. The van der Waals surface area contributed by atoms with Crippen molar-refractivity contribution in [2.24, 2.45) is 0 Å². The Bertz CT molecular complexity index is 3410. The van der Waals surface area contributed by atoms with Gasteiger partial charge < -0.3 is 40.0 Å². The first kappa shape index (κ1) is 34.0. The Morgan fingerprint density at radius 2 is 0.645 bits per heavy atom. The van der Waals surface area contributed by atoms with Gasteiger partial charge in [-0.05, 0) is 157 Å². The monoisotopic (exact) mass is 1070 g/mol. The summed E-state index contributed by atoms with van der Waals surface area (Å²) in [5.74, 6) is -5.55. The second-order valence-corrected chi connectivity index (χ2v) is 21.9. The molecule has 4 aliphatic rings. The van der Waals surface area contributed by atoms with E-state index in [9.17, 15) is 20.4 Å². The zero-order valence-corrected chi connectivity index (χ0v) is 46.9. The van der Waals surface area contributed by atoms with Crippen molar-refractivity contribution in [3.8, 4) is 0 Å². The maximum Gasteiger partial charge on any atom is 0.0728 e. The standard InChI is InChI=1S/4C17H27NO/c4*1-14-7-9-15(10-8-14)16(13-18(2)3)17(19)11-5-4-6-12-17/h4*7-10,16,19H,4-6,11-13H2,1-3H3/i2D3,4D2,5D2,6D2,11D2,12D2,16D;4D2,5D2,6D2,11D2,12D2,16D;2D3;. The van der Waals surface area contributed by atoms with Gasteiger partial charge in [-0.15, -0.1) is 0 Å². The van der Waals surface area contributed by atoms with Gasteiger partial charge in [0.05, 0.1) is 22.4 Å². The minimum Gasteiger partial charge on any atom is -0.389 e. The highest BCUT2D eigenvalue weighted by Gasteiger charge is 2.42. The highest BCUT2D eigenvalue weighted by molar-refractivity contribution is 5.31. The normalized spacial score (nSPS) is 33.7. The van der Waals surface area contributed by atoms with Gasteiger partial charge in [-0.25, -0.2) is 0 Å². The maximum absolute atomic E-state index is 11.8. The quantitative estimate of drug-likeness (QED) is 0.0882. The third-order valence-electron chi connectivity index (χ3n) is 14.5. The summed E-state index contributed by atoms with van der Waals surface area (Å²) in [5, 5.41) is 45.7. The predicted octanol–water partition coefficient (Wildman–Crippen LogP) is 13.3. The molecule has 0 heterocycles. The lowest BCUT2D eigenvalue weighted by Crippen LogP contribution is -2.42. The van der Waals surface area contributed by atoms with Crippen molar-refractivity contribution in [2.45, 2.75) is 202 Å². The van der Waals surface area contributed by atoms with Gasteiger partial charge in [0.15, 0.2) is 0 Å². The van der Waals surface area contributed by atoms with E-state index in [1.165, 1.54) is 83.4 Å². The van der Waals surface area contributed by atoms with Crippen LogP contribution in [-0.2, 0) is 0 Å². The summed E-state index contributed by atoms with van der Waals surface area (Å²) in [5.41, 5.74) is -2.99. The molecule has 0 saturated heterocycles. The fraction of sp³-hybridized carbons (Fsp3) is 0.647. The summed E-state index contributed by atoms with van der Waals surface area (Å²) in [4.78, 5) is 5.52. The fourth-order valence-corrected chi connectivity index (χ4v) is 10.2. The molecule has 4 aliphatic carbocycles. The first-order chi connectivity index (χ1) is 46.8. The molecule has 76 heavy (non-hydrogen) atoms. The molecule has 0 amide bonds. The molecule has 8 rings (SSSR count). The van der Waals surface area contributed by atoms with Crippen LogP contribution >= 0.6 is 0 Å². The second-order valence-electron chi connectivity index (χ2n) is 21.9. The number of nitrogens with zero attached hydrogens (tertiary/aromatic N) is 4. The Balaban J connectivity index is 0.000000254. The van der Waals surface area contributed by atoms with E-state index >= 15 is 0 Å². The molecule has 8 nitrogen and oxygen atoms in total. The van der Waals surface area contributed by atoms with E-state index in [-0.39, 0.29) is 23.0 Å². The smallest absolute Gasteiger partial charge is 0.0728 e. The first-order valence-electron chi connectivity index (χ1n) is 40.7. The van der Waals surface area contributed by atoms with Crippen LogP contribution in [0, 0.1) is 27.7 Å². The number of hydrogen-bond donors (Lipinski definition) is 4. The van der Waals surface area contributed by atoms with Gasteiger partial charge in [0.1, 0.15) is 0 Å². The Hall–Kier alpha value is -3.44. The summed E-state index contributed by atoms with van der Waals surface area (Å²) in [6.45, 7) is 2.27. The van der Waals surface area contributed by atoms with E-state index in [2.05, 4.69) is 50.2 Å². The number of rotatable bonds is 16. The number of hydrogen-bond acceptors (Lipinski definition) is 8. The Kier molecular flexibility index (Phi) is 13.5. The largest absolute Gasteiger partial charge is 0.389 e. The molecule has 0 spiro atoms. The van der Waals surface area contributed by atoms with Crippen LogP contribution in [0.3, 0.4) is 0 Å². The summed E-state index contributed by atoms with van der Waals surface area (Å²) < 4.78 is 228. The van der Waals surface area contributed by atoms with Crippen molar-refractivity contribution in [1.29, 1.82) is 0 Å². The van der Waals surface area contributed by atoms with Crippen molar-refractivity contribution < 1.29 is 58.8 Å². The third kappa shape index (κ3) is 19.4. The van der Waals surface area contributed by atoms with Crippen LogP contribution < -0.4 is 0 Å². The number of aliphatic hydroxyl groups is 4. The van der Waals surface area contributed by atoms with E-state index < -0.39 is 125 Å². The lowest BCUT2D eigenvalue weighted by Gasteiger charge is -2.40. The van der Waals surface area contributed by atoms with Crippen LogP contribution in [0.1, 0.15) is 234 Å². The van der Waals surface area contributed by atoms with Gasteiger partial charge in [-0.2, -0.15) is 0 Å². The molecule has 0 radical (unpaired) electrons. The van der Waals surface area contributed by atoms with Crippen LogP contribution in [0.25, 0.3) is 0 Å². The van der Waals surface area contributed by atoms with E-state index in [0.29, 0.717) is 17.0 Å². The SMILES string of the molecule is Cc1ccc(C(CN(C)C)C2(O)CCCCC2)cc1.[2H]C(CN(C)C)(c1ccc(C)cc1)C1(O)C([2H])([2H])C([2H])([2H])C([2H])([2H])C([2H])([2H])C1([2H])[2H].[2H]C([2H])([2H])N(C)CC([2H])(c1ccc(C)cc1)C1(O)C([2H])([2H])C([2H])([2H])C([2H])([2H])C([2H])([2H])C1([2H])[2H].[2H]C([2H])([2H])N(C)CC(c1ccc(C)cc1)C1(O)CCCCC1. The van der Waals surface area contributed by atoms with Crippen molar-refractivity contribution in [3.63, 3.8) is 0 Å². The minimum absolute atomic E-state index is 0.0499. The number of likely N-dealkylation sites (N-methyl/N-ethyl adjacent to an activating group) is 4. The highest BCUT2D eigenvalue weighted by atomic mass is 16.3. The third-order valence-corrected chi connectivity index (χ3v) is 14.5. The van der Waals surface area contributed by atoms with Crippen LogP contribution in [0.15, 0.2) is 97.1 Å². The molecule has 4 N–H and O–H groups in total. The molecule has 0 aromatic heterocycles. The summed E-state index contributed by atoms with van der Waals surface area (Å²) >= 11 is 0. The molecule has 0 bridgehead atoms. The van der Waals surface area contributed by atoms with Crippen LogP contribution in [0.5, 0.6) is 0 Å².